The number of unbranched alkanes of at least 4 members (excludes halogenated alkanes) is 4. The molecule has 0 aromatic heterocycles. The molecule has 2 nitrogen and oxygen atoms in total. The van der Waals surface area contributed by atoms with E-state index in [1.165, 1.54) is 44.9 Å². The smallest absolute Gasteiger partial charge is 0.111 e. The van der Waals surface area contributed by atoms with Gasteiger partial charge in [-0.1, -0.05) is 46.0 Å². The highest BCUT2D eigenvalue weighted by Gasteiger charge is 2.35. The molecule has 0 aromatic carbocycles. The quantitative estimate of drug-likeness (QED) is 0.627. The summed E-state index contributed by atoms with van der Waals surface area (Å²) in [5.74, 6) is 0.568. The van der Waals surface area contributed by atoms with Crippen LogP contribution in [0.1, 0.15) is 58.8 Å². The second kappa shape index (κ2) is 7.24. The summed E-state index contributed by atoms with van der Waals surface area (Å²) in [6.45, 7) is 6.68. The average Bonchev–Trinajstić information content (AvgIpc) is 2.25. The molecule has 1 fully saturated rings. The SMILES string of the molecule is CCCCCC1CN(CCCCC)C1O. The molecular formula is C13H27NO. The van der Waals surface area contributed by atoms with E-state index in [2.05, 4.69) is 18.7 Å². The maximum absolute atomic E-state index is 9.89. The molecule has 1 aliphatic rings. The van der Waals surface area contributed by atoms with Crippen molar-refractivity contribution in [2.45, 2.75) is 65.0 Å². The van der Waals surface area contributed by atoms with Crippen molar-refractivity contribution in [3.63, 3.8) is 0 Å². The molecule has 1 rings (SSSR count). The number of aliphatic hydroxyl groups excluding tert-OH is 1. The third kappa shape index (κ3) is 4.12. The molecular weight excluding hydrogens is 186 g/mol. The summed E-state index contributed by atoms with van der Waals surface area (Å²) >= 11 is 0. The van der Waals surface area contributed by atoms with Gasteiger partial charge in [0.15, 0.2) is 0 Å². The van der Waals surface area contributed by atoms with Crippen LogP contribution in [0.25, 0.3) is 0 Å². The predicted octanol–water partition coefficient (Wildman–Crippen LogP) is 3.01. The number of nitrogens with zero attached hydrogens (tertiary/aromatic N) is 1. The van der Waals surface area contributed by atoms with Crippen molar-refractivity contribution in [3.8, 4) is 0 Å². The summed E-state index contributed by atoms with van der Waals surface area (Å²) in [6.07, 6.45) is 8.80. The lowest BCUT2D eigenvalue weighted by Crippen LogP contribution is -2.56. The molecule has 90 valence electrons. The van der Waals surface area contributed by atoms with Crippen LogP contribution in [0.2, 0.25) is 0 Å². The van der Waals surface area contributed by atoms with Crippen molar-refractivity contribution in [1.29, 1.82) is 0 Å². The highest BCUT2D eigenvalue weighted by molar-refractivity contribution is 4.83. The molecule has 0 spiro atoms. The Bertz CT molecular complexity index is 145. The summed E-state index contributed by atoms with van der Waals surface area (Å²) in [4.78, 5) is 2.23. The van der Waals surface area contributed by atoms with E-state index in [1.54, 1.807) is 0 Å². The first-order valence-corrected chi connectivity index (χ1v) is 6.71. The van der Waals surface area contributed by atoms with Gasteiger partial charge in [0.05, 0.1) is 0 Å². The van der Waals surface area contributed by atoms with E-state index in [9.17, 15) is 5.11 Å². The monoisotopic (exact) mass is 213 g/mol. The number of aliphatic hydroxyl groups is 1. The third-order valence-corrected chi connectivity index (χ3v) is 3.49. The van der Waals surface area contributed by atoms with Crippen LogP contribution in [0, 0.1) is 5.92 Å². The normalized spacial score (nSPS) is 26.6. The maximum Gasteiger partial charge on any atom is 0.111 e. The van der Waals surface area contributed by atoms with E-state index in [4.69, 9.17) is 0 Å². The van der Waals surface area contributed by atoms with Gasteiger partial charge in [-0.25, -0.2) is 0 Å². The molecule has 2 unspecified atom stereocenters. The minimum absolute atomic E-state index is 0.126. The number of rotatable bonds is 8. The Hall–Kier alpha value is -0.0800. The maximum atomic E-state index is 9.89. The van der Waals surface area contributed by atoms with Gasteiger partial charge in [0, 0.05) is 19.0 Å². The topological polar surface area (TPSA) is 23.5 Å². The van der Waals surface area contributed by atoms with Crippen LogP contribution in [0.3, 0.4) is 0 Å². The lowest BCUT2D eigenvalue weighted by atomic mass is 9.91. The Morgan fingerprint density at radius 1 is 1.07 bits per heavy atom. The lowest BCUT2D eigenvalue weighted by Gasteiger charge is -2.45. The van der Waals surface area contributed by atoms with Crippen LogP contribution in [-0.2, 0) is 0 Å². The van der Waals surface area contributed by atoms with E-state index >= 15 is 0 Å². The van der Waals surface area contributed by atoms with Gasteiger partial charge < -0.3 is 5.11 Å². The van der Waals surface area contributed by atoms with Gasteiger partial charge in [-0.3, -0.25) is 4.90 Å². The summed E-state index contributed by atoms with van der Waals surface area (Å²) in [5.41, 5.74) is 0. The van der Waals surface area contributed by atoms with Gasteiger partial charge in [0.1, 0.15) is 6.23 Å². The van der Waals surface area contributed by atoms with E-state index in [0.29, 0.717) is 5.92 Å². The Morgan fingerprint density at radius 3 is 2.33 bits per heavy atom. The number of likely N-dealkylation sites (tertiary alicyclic amines) is 1. The van der Waals surface area contributed by atoms with E-state index in [1.807, 2.05) is 0 Å². The highest BCUT2D eigenvalue weighted by Crippen LogP contribution is 2.27. The molecule has 1 saturated heterocycles. The Morgan fingerprint density at radius 2 is 1.73 bits per heavy atom. The zero-order valence-electron chi connectivity index (χ0n) is 10.4. The summed E-state index contributed by atoms with van der Waals surface area (Å²) in [7, 11) is 0. The van der Waals surface area contributed by atoms with Crippen molar-refractivity contribution in [3.05, 3.63) is 0 Å². The Balaban J connectivity index is 2.01. The molecule has 1 heterocycles. The highest BCUT2D eigenvalue weighted by atomic mass is 16.3. The fourth-order valence-corrected chi connectivity index (χ4v) is 2.35. The molecule has 0 amide bonds. The second-order valence-electron chi connectivity index (χ2n) is 4.87. The van der Waals surface area contributed by atoms with Gasteiger partial charge in [-0.2, -0.15) is 0 Å². The van der Waals surface area contributed by atoms with Gasteiger partial charge in [-0.15, -0.1) is 0 Å². The van der Waals surface area contributed by atoms with Gasteiger partial charge in [0.25, 0.3) is 0 Å². The zero-order valence-corrected chi connectivity index (χ0v) is 10.4. The molecule has 0 aromatic rings. The molecule has 0 aliphatic carbocycles. The van der Waals surface area contributed by atoms with E-state index < -0.39 is 0 Å². The zero-order chi connectivity index (χ0) is 11.1. The largest absolute Gasteiger partial charge is 0.378 e. The number of hydrogen-bond acceptors (Lipinski definition) is 2. The van der Waals surface area contributed by atoms with Gasteiger partial charge in [0.2, 0.25) is 0 Å². The van der Waals surface area contributed by atoms with Crippen molar-refractivity contribution in [1.82, 2.24) is 4.90 Å². The molecule has 1 N–H and O–H groups in total. The first-order valence-electron chi connectivity index (χ1n) is 6.71. The van der Waals surface area contributed by atoms with Crippen LogP contribution >= 0.6 is 0 Å². The molecule has 2 atom stereocenters. The van der Waals surface area contributed by atoms with Crippen molar-refractivity contribution < 1.29 is 5.11 Å². The second-order valence-corrected chi connectivity index (χ2v) is 4.87. The first kappa shape index (κ1) is 13.0. The lowest BCUT2D eigenvalue weighted by molar-refractivity contribution is -0.132. The minimum atomic E-state index is -0.126. The van der Waals surface area contributed by atoms with Gasteiger partial charge in [-0.05, 0) is 12.8 Å². The third-order valence-electron chi connectivity index (χ3n) is 3.49. The summed E-state index contributed by atoms with van der Waals surface area (Å²) in [5, 5.41) is 9.89. The first-order chi connectivity index (χ1) is 7.29. The number of hydrogen-bond donors (Lipinski definition) is 1. The summed E-state index contributed by atoms with van der Waals surface area (Å²) in [6, 6.07) is 0. The van der Waals surface area contributed by atoms with Gasteiger partial charge >= 0.3 is 0 Å². The molecule has 15 heavy (non-hydrogen) atoms. The Labute approximate surface area is 94.7 Å². The molecule has 0 bridgehead atoms. The minimum Gasteiger partial charge on any atom is -0.378 e. The molecule has 1 aliphatic heterocycles. The predicted molar refractivity (Wildman–Crippen MR) is 64.7 cm³/mol. The fraction of sp³-hybridized carbons (Fsp3) is 1.00. The molecule has 2 heteroatoms. The van der Waals surface area contributed by atoms with Crippen LogP contribution in [-0.4, -0.2) is 29.3 Å². The van der Waals surface area contributed by atoms with Crippen LogP contribution in [0.4, 0.5) is 0 Å². The Kier molecular flexibility index (Phi) is 6.26. The van der Waals surface area contributed by atoms with Crippen LogP contribution < -0.4 is 0 Å². The average molecular weight is 213 g/mol. The van der Waals surface area contributed by atoms with E-state index in [-0.39, 0.29) is 6.23 Å². The fourth-order valence-electron chi connectivity index (χ4n) is 2.35. The molecule has 0 saturated carbocycles. The standard InChI is InChI=1S/C13H27NO/c1-3-5-7-9-12-11-14(13(12)15)10-8-6-4-2/h12-13,15H,3-11H2,1-2H3. The van der Waals surface area contributed by atoms with Crippen molar-refractivity contribution in [2.24, 2.45) is 5.92 Å². The van der Waals surface area contributed by atoms with Crippen LogP contribution in [0.15, 0.2) is 0 Å². The van der Waals surface area contributed by atoms with Crippen molar-refractivity contribution in [2.75, 3.05) is 13.1 Å². The van der Waals surface area contributed by atoms with Crippen LogP contribution in [0.5, 0.6) is 0 Å². The van der Waals surface area contributed by atoms with E-state index in [0.717, 1.165) is 13.1 Å². The van der Waals surface area contributed by atoms with Crippen molar-refractivity contribution >= 4 is 0 Å². The molecule has 0 radical (unpaired) electrons. The summed E-state index contributed by atoms with van der Waals surface area (Å²) < 4.78 is 0.